The molecular formula is C21H27N3O4. The standard InChI is InChI=1S/C21H27N3O4/c1-23(2)17-9-6-15(7-10-17)14-24(3)20(25)13-22-21(26)16-8-11-18(27-4)19(12-16)28-5/h6-12H,13-14H2,1-5H3,(H,22,26). The minimum absolute atomic E-state index is 0.0839. The van der Waals surface area contributed by atoms with Crippen LogP contribution in [-0.2, 0) is 11.3 Å². The molecule has 0 atom stereocenters. The van der Waals surface area contributed by atoms with Gasteiger partial charge in [0, 0.05) is 38.9 Å². The first-order valence-electron chi connectivity index (χ1n) is 8.86. The van der Waals surface area contributed by atoms with Gasteiger partial charge in [-0.15, -0.1) is 0 Å². The number of nitrogens with zero attached hydrogens (tertiary/aromatic N) is 2. The van der Waals surface area contributed by atoms with Gasteiger partial charge >= 0.3 is 0 Å². The van der Waals surface area contributed by atoms with Gasteiger partial charge in [-0.3, -0.25) is 9.59 Å². The van der Waals surface area contributed by atoms with Gasteiger partial charge < -0.3 is 24.6 Å². The first-order chi connectivity index (χ1) is 13.3. The first-order valence-corrected chi connectivity index (χ1v) is 8.86. The monoisotopic (exact) mass is 385 g/mol. The third-order valence-corrected chi connectivity index (χ3v) is 4.34. The number of anilines is 1. The molecule has 0 fully saturated rings. The summed E-state index contributed by atoms with van der Waals surface area (Å²) in [5, 5.41) is 2.65. The number of hydrogen-bond acceptors (Lipinski definition) is 5. The molecule has 0 unspecified atom stereocenters. The Bertz CT molecular complexity index is 819. The maximum absolute atomic E-state index is 12.3. The topological polar surface area (TPSA) is 71.1 Å². The third kappa shape index (κ3) is 5.39. The lowest BCUT2D eigenvalue weighted by atomic mass is 10.2. The van der Waals surface area contributed by atoms with Crippen LogP contribution in [0.25, 0.3) is 0 Å². The fraction of sp³-hybridized carbons (Fsp3) is 0.333. The van der Waals surface area contributed by atoms with Crippen molar-refractivity contribution in [2.75, 3.05) is 46.8 Å². The highest BCUT2D eigenvalue weighted by molar-refractivity contribution is 5.97. The zero-order valence-corrected chi connectivity index (χ0v) is 17.0. The van der Waals surface area contributed by atoms with E-state index in [4.69, 9.17) is 9.47 Å². The van der Waals surface area contributed by atoms with Gasteiger partial charge in [-0.1, -0.05) is 12.1 Å². The van der Waals surface area contributed by atoms with E-state index in [1.54, 1.807) is 30.1 Å². The lowest BCUT2D eigenvalue weighted by Gasteiger charge is -2.19. The first kappa shape index (κ1) is 21.1. The van der Waals surface area contributed by atoms with Gasteiger partial charge in [-0.05, 0) is 35.9 Å². The van der Waals surface area contributed by atoms with E-state index in [0.29, 0.717) is 23.6 Å². The number of ether oxygens (including phenoxy) is 2. The molecule has 2 rings (SSSR count). The van der Waals surface area contributed by atoms with E-state index in [1.807, 2.05) is 43.3 Å². The second-order valence-corrected chi connectivity index (χ2v) is 6.56. The Morgan fingerprint density at radius 1 is 0.929 bits per heavy atom. The normalized spacial score (nSPS) is 10.2. The lowest BCUT2D eigenvalue weighted by molar-refractivity contribution is -0.129. The van der Waals surface area contributed by atoms with Crippen LogP contribution in [0.4, 0.5) is 5.69 Å². The molecule has 150 valence electrons. The highest BCUT2D eigenvalue weighted by atomic mass is 16.5. The lowest BCUT2D eigenvalue weighted by Crippen LogP contribution is -2.37. The zero-order valence-electron chi connectivity index (χ0n) is 17.0. The molecule has 28 heavy (non-hydrogen) atoms. The Kier molecular flexibility index (Phi) is 7.26. The molecule has 0 aliphatic heterocycles. The van der Waals surface area contributed by atoms with Crippen molar-refractivity contribution in [2.24, 2.45) is 0 Å². The molecular weight excluding hydrogens is 358 g/mol. The minimum Gasteiger partial charge on any atom is -0.493 e. The summed E-state index contributed by atoms with van der Waals surface area (Å²) in [7, 11) is 8.70. The van der Waals surface area contributed by atoms with Gasteiger partial charge in [0.2, 0.25) is 5.91 Å². The molecule has 0 aromatic heterocycles. The van der Waals surface area contributed by atoms with Gasteiger partial charge in [0.05, 0.1) is 20.8 Å². The number of hydrogen-bond donors (Lipinski definition) is 1. The molecule has 0 radical (unpaired) electrons. The largest absolute Gasteiger partial charge is 0.493 e. The van der Waals surface area contributed by atoms with Crippen molar-refractivity contribution < 1.29 is 19.1 Å². The molecule has 2 aromatic carbocycles. The second kappa shape index (κ2) is 9.64. The number of benzene rings is 2. The van der Waals surface area contributed by atoms with E-state index in [9.17, 15) is 9.59 Å². The van der Waals surface area contributed by atoms with Crippen LogP contribution in [-0.4, -0.2) is 58.6 Å². The number of likely N-dealkylation sites (N-methyl/N-ethyl adjacent to an activating group) is 1. The molecule has 0 saturated carbocycles. The van der Waals surface area contributed by atoms with E-state index in [2.05, 4.69) is 5.32 Å². The Hall–Kier alpha value is -3.22. The molecule has 0 saturated heterocycles. The number of amides is 2. The van der Waals surface area contributed by atoms with E-state index < -0.39 is 0 Å². The van der Waals surface area contributed by atoms with Crippen molar-refractivity contribution >= 4 is 17.5 Å². The number of methoxy groups -OCH3 is 2. The van der Waals surface area contributed by atoms with Crippen molar-refractivity contribution in [3.8, 4) is 11.5 Å². The van der Waals surface area contributed by atoms with Crippen LogP contribution in [0.1, 0.15) is 15.9 Å². The third-order valence-electron chi connectivity index (χ3n) is 4.34. The number of carbonyl (C=O) groups excluding carboxylic acids is 2. The van der Waals surface area contributed by atoms with Crippen molar-refractivity contribution in [3.63, 3.8) is 0 Å². The smallest absolute Gasteiger partial charge is 0.251 e. The summed E-state index contributed by atoms with van der Waals surface area (Å²) < 4.78 is 10.4. The maximum atomic E-state index is 12.3. The Morgan fingerprint density at radius 3 is 2.14 bits per heavy atom. The van der Waals surface area contributed by atoms with Gasteiger partial charge in [0.1, 0.15) is 0 Å². The van der Waals surface area contributed by atoms with E-state index in [0.717, 1.165) is 11.3 Å². The molecule has 0 heterocycles. The predicted octanol–water partition coefficient (Wildman–Crippen LogP) is 2.16. The van der Waals surface area contributed by atoms with Crippen LogP contribution in [0, 0.1) is 0 Å². The maximum Gasteiger partial charge on any atom is 0.251 e. The minimum atomic E-state index is -0.349. The van der Waals surface area contributed by atoms with Crippen molar-refractivity contribution in [1.82, 2.24) is 10.2 Å². The summed E-state index contributed by atoms with van der Waals surface area (Å²) >= 11 is 0. The van der Waals surface area contributed by atoms with Crippen molar-refractivity contribution in [1.29, 1.82) is 0 Å². The molecule has 7 nitrogen and oxygen atoms in total. The van der Waals surface area contributed by atoms with Crippen LogP contribution in [0.15, 0.2) is 42.5 Å². The van der Waals surface area contributed by atoms with Crippen molar-refractivity contribution in [3.05, 3.63) is 53.6 Å². The Balaban J connectivity index is 1.91. The van der Waals surface area contributed by atoms with Gasteiger partial charge in [-0.25, -0.2) is 0 Å². The number of rotatable bonds is 8. The summed E-state index contributed by atoms with van der Waals surface area (Å²) in [6, 6.07) is 12.8. The summed E-state index contributed by atoms with van der Waals surface area (Å²) in [5.41, 5.74) is 2.51. The van der Waals surface area contributed by atoms with E-state index >= 15 is 0 Å². The molecule has 0 aliphatic rings. The quantitative estimate of drug-likeness (QED) is 0.754. The van der Waals surface area contributed by atoms with Crippen LogP contribution >= 0.6 is 0 Å². The molecule has 1 N–H and O–H groups in total. The second-order valence-electron chi connectivity index (χ2n) is 6.56. The molecule has 2 aromatic rings. The highest BCUT2D eigenvalue weighted by Crippen LogP contribution is 2.27. The zero-order chi connectivity index (χ0) is 20.7. The van der Waals surface area contributed by atoms with E-state index in [-0.39, 0.29) is 18.4 Å². The highest BCUT2D eigenvalue weighted by Gasteiger charge is 2.14. The molecule has 7 heteroatoms. The average Bonchev–Trinajstić information content (AvgIpc) is 2.71. The van der Waals surface area contributed by atoms with Gasteiger partial charge in [0.25, 0.3) is 5.91 Å². The predicted molar refractivity (Wildman–Crippen MR) is 109 cm³/mol. The Morgan fingerprint density at radius 2 is 1.57 bits per heavy atom. The number of nitrogens with one attached hydrogen (secondary N) is 1. The molecule has 0 bridgehead atoms. The average molecular weight is 385 g/mol. The van der Waals surface area contributed by atoms with Gasteiger partial charge in [-0.2, -0.15) is 0 Å². The summed E-state index contributed by atoms with van der Waals surface area (Å²) in [6.07, 6.45) is 0. The Labute approximate surface area is 165 Å². The fourth-order valence-corrected chi connectivity index (χ4v) is 2.63. The van der Waals surface area contributed by atoms with E-state index in [1.165, 1.54) is 14.2 Å². The fourth-order valence-electron chi connectivity index (χ4n) is 2.63. The van der Waals surface area contributed by atoms with Crippen LogP contribution in [0.5, 0.6) is 11.5 Å². The van der Waals surface area contributed by atoms with Crippen molar-refractivity contribution in [2.45, 2.75) is 6.54 Å². The number of carbonyl (C=O) groups is 2. The van der Waals surface area contributed by atoms with Crippen LogP contribution in [0.2, 0.25) is 0 Å². The summed E-state index contributed by atoms with van der Waals surface area (Å²) in [5.74, 6) is 0.471. The molecule has 2 amide bonds. The van der Waals surface area contributed by atoms with Gasteiger partial charge in [0.15, 0.2) is 11.5 Å². The summed E-state index contributed by atoms with van der Waals surface area (Å²) in [6.45, 7) is 0.387. The van der Waals surface area contributed by atoms with Crippen LogP contribution in [0.3, 0.4) is 0 Å². The summed E-state index contributed by atoms with van der Waals surface area (Å²) in [4.78, 5) is 28.3. The molecule has 0 aliphatic carbocycles. The molecule has 0 spiro atoms. The van der Waals surface area contributed by atoms with Crippen LogP contribution < -0.4 is 19.7 Å². The SMILES string of the molecule is COc1ccc(C(=O)NCC(=O)N(C)Cc2ccc(N(C)C)cc2)cc1OC.